The summed E-state index contributed by atoms with van der Waals surface area (Å²) in [6, 6.07) is 0. The summed E-state index contributed by atoms with van der Waals surface area (Å²) >= 11 is 4.82. The van der Waals surface area contributed by atoms with Crippen LogP contribution in [0.15, 0.2) is 22.5 Å². The third-order valence-electron chi connectivity index (χ3n) is 1.33. The predicted molar refractivity (Wildman–Crippen MR) is 51.3 cm³/mol. The van der Waals surface area contributed by atoms with Crippen molar-refractivity contribution in [2.24, 2.45) is 0 Å². The lowest BCUT2D eigenvalue weighted by molar-refractivity contribution is 0.112. The Bertz CT molecular complexity index is 278. The van der Waals surface area contributed by atoms with Crippen molar-refractivity contribution in [1.29, 1.82) is 0 Å². The van der Waals surface area contributed by atoms with Crippen molar-refractivity contribution in [2.75, 3.05) is 0 Å². The van der Waals surface area contributed by atoms with Gasteiger partial charge in [-0.05, 0) is 27.9 Å². The van der Waals surface area contributed by atoms with Crippen molar-refractivity contribution in [3.05, 3.63) is 32.9 Å². The summed E-state index contributed by atoms with van der Waals surface area (Å²) in [5.74, 6) is 0. The van der Waals surface area contributed by atoms with E-state index >= 15 is 0 Å². The molecule has 3 heteroatoms. The van der Waals surface area contributed by atoms with Crippen LogP contribution in [0.4, 0.5) is 0 Å². The van der Waals surface area contributed by atoms with Gasteiger partial charge >= 0.3 is 0 Å². The molecule has 11 heavy (non-hydrogen) atoms. The number of aldehydes is 1. The summed E-state index contributed by atoms with van der Waals surface area (Å²) in [7, 11) is 0. The molecular weight excluding hydrogens is 224 g/mol. The number of allylic oxidation sites excluding steroid dienone is 1. The summed E-state index contributed by atoms with van der Waals surface area (Å²) < 4.78 is 1.00. The zero-order valence-corrected chi connectivity index (χ0v) is 8.24. The third-order valence-corrected chi connectivity index (χ3v) is 3.29. The molecule has 0 bridgehead atoms. The molecular formula is C8H7BrOS. The molecule has 0 saturated carbocycles. The summed E-state index contributed by atoms with van der Waals surface area (Å²) in [6.45, 7) is 3.62. The first-order chi connectivity index (χ1) is 5.29. The van der Waals surface area contributed by atoms with E-state index in [4.69, 9.17) is 0 Å². The highest BCUT2D eigenvalue weighted by atomic mass is 79.9. The highest BCUT2D eigenvalue weighted by molar-refractivity contribution is 9.10. The second kappa shape index (κ2) is 3.83. The van der Waals surface area contributed by atoms with Crippen LogP contribution >= 0.6 is 27.3 Å². The molecule has 0 unspecified atom stereocenters. The van der Waals surface area contributed by atoms with Gasteiger partial charge in [0.15, 0.2) is 6.29 Å². The molecule has 1 heterocycles. The number of rotatable bonds is 3. The van der Waals surface area contributed by atoms with Crippen LogP contribution in [0.2, 0.25) is 0 Å². The zero-order chi connectivity index (χ0) is 8.27. The standard InChI is InChI=1S/C8H7BrOS/c1-2-3-6-7(9)5-11-8(6)4-10/h2,4-5H,1,3H2. The smallest absolute Gasteiger partial charge is 0.160 e. The van der Waals surface area contributed by atoms with Crippen LogP contribution in [-0.2, 0) is 6.42 Å². The van der Waals surface area contributed by atoms with Gasteiger partial charge in [-0.2, -0.15) is 0 Å². The van der Waals surface area contributed by atoms with E-state index in [-0.39, 0.29) is 0 Å². The van der Waals surface area contributed by atoms with Gasteiger partial charge in [-0.25, -0.2) is 0 Å². The van der Waals surface area contributed by atoms with Gasteiger partial charge in [0, 0.05) is 9.85 Å². The first-order valence-electron chi connectivity index (χ1n) is 3.11. The van der Waals surface area contributed by atoms with Crippen LogP contribution in [0.25, 0.3) is 0 Å². The van der Waals surface area contributed by atoms with Crippen LogP contribution in [0.5, 0.6) is 0 Å². The van der Waals surface area contributed by atoms with E-state index in [0.717, 1.165) is 27.6 Å². The molecule has 0 aromatic carbocycles. The lowest BCUT2D eigenvalue weighted by Gasteiger charge is -1.92. The summed E-state index contributed by atoms with van der Waals surface area (Å²) in [5.41, 5.74) is 1.04. The summed E-state index contributed by atoms with van der Waals surface area (Å²) in [4.78, 5) is 11.3. The minimum atomic E-state index is 0.748. The minimum absolute atomic E-state index is 0.748. The fourth-order valence-electron chi connectivity index (χ4n) is 0.817. The molecule has 1 aromatic heterocycles. The Balaban J connectivity index is 3.06. The molecule has 0 spiro atoms. The fourth-order valence-corrected chi connectivity index (χ4v) is 2.37. The number of carbonyl (C=O) groups is 1. The molecule has 0 radical (unpaired) electrons. The Hall–Kier alpha value is -0.410. The zero-order valence-electron chi connectivity index (χ0n) is 5.84. The maximum atomic E-state index is 10.5. The molecule has 0 atom stereocenters. The first kappa shape index (κ1) is 8.68. The molecule has 1 nitrogen and oxygen atoms in total. The second-order valence-electron chi connectivity index (χ2n) is 2.04. The average Bonchev–Trinajstić information content (AvgIpc) is 2.34. The second-order valence-corrected chi connectivity index (χ2v) is 3.80. The van der Waals surface area contributed by atoms with Crippen molar-refractivity contribution in [2.45, 2.75) is 6.42 Å². The number of hydrogen-bond acceptors (Lipinski definition) is 2. The van der Waals surface area contributed by atoms with E-state index in [9.17, 15) is 4.79 Å². The Morgan fingerprint density at radius 1 is 1.73 bits per heavy atom. The molecule has 0 N–H and O–H groups in total. The number of carbonyl (C=O) groups excluding carboxylic acids is 1. The van der Waals surface area contributed by atoms with E-state index < -0.39 is 0 Å². The quantitative estimate of drug-likeness (QED) is 0.577. The largest absolute Gasteiger partial charge is 0.297 e. The topological polar surface area (TPSA) is 17.1 Å². The van der Waals surface area contributed by atoms with E-state index in [1.54, 1.807) is 6.08 Å². The van der Waals surface area contributed by atoms with Gasteiger partial charge in [0.25, 0.3) is 0 Å². The van der Waals surface area contributed by atoms with Crippen molar-refractivity contribution in [1.82, 2.24) is 0 Å². The predicted octanol–water partition coefficient (Wildman–Crippen LogP) is 3.05. The highest BCUT2D eigenvalue weighted by Gasteiger charge is 2.06. The Labute approximate surface area is 77.9 Å². The maximum absolute atomic E-state index is 10.5. The van der Waals surface area contributed by atoms with E-state index in [1.807, 2.05) is 5.38 Å². The van der Waals surface area contributed by atoms with Crippen molar-refractivity contribution >= 4 is 33.6 Å². The minimum Gasteiger partial charge on any atom is -0.297 e. The molecule has 1 aromatic rings. The van der Waals surface area contributed by atoms with E-state index in [2.05, 4.69) is 22.5 Å². The third kappa shape index (κ3) is 1.79. The molecule has 0 aliphatic heterocycles. The van der Waals surface area contributed by atoms with Crippen LogP contribution in [0.3, 0.4) is 0 Å². The Kier molecular flexibility index (Phi) is 3.02. The van der Waals surface area contributed by atoms with Gasteiger partial charge in [-0.1, -0.05) is 6.08 Å². The molecule has 0 fully saturated rings. The van der Waals surface area contributed by atoms with Gasteiger partial charge in [-0.3, -0.25) is 4.79 Å². The average molecular weight is 231 g/mol. The normalized spacial score (nSPS) is 9.55. The fraction of sp³-hybridized carbons (Fsp3) is 0.125. The van der Waals surface area contributed by atoms with Gasteiger partial charge < -0.3 is 0 Å². The highest BCUT2D eigenvalue weighted by Crippen LogP contribution is 2.26. The monoisotopic (exact) mass is 230 g/mol. The number of thiophene rings is 1. The van der Waals surface area contributed by atoms with E-state index in [1.165, 1.54) is 11.3 Å². The first-order valence-corrected chi connectivity index (χ1v) is 4.78. The van der Waals surface area contributed by atoms with E-state index in [0.29, 0.717) is 0 Å². The number of halogens is 1. The Morgan fingerprint density at radius 3 is 3.00 bits per heavy atom. The SMILES string of the molecule is C=CCc1c(Br)csc1C=O. The van der Waals surface area contributed by atoms with Crippen molar-refractivity contribution in [3.8, 4) is 0 Å². The molecule has 0 aliphatic rings. The lowest BCUT2D eigenvalue weighted by atomic mass is 10.2. The van der Waals surface area contributed by atoms with Crippen LogP contribution in [0.1, 0.15) is 15.2 Å². The van der Waals surface area contributed by atoms with Gasteiger partial charge in [-0.15, -0.1) is 17.9 Å². The maximum Gasteiger partial charge on any atom is 0.160 e. The van der Waals surface area contributed by atoms with Crippen LogP contribution in [0, 0.1) is 0 Å². The van der Waals surface area contributed by atoms with Crippen molar-refractivity contribution < 1.29 is 4.79 Å². The summed E-state index contributed by atoms with van der Waals surface area (Å²) in [5, 5.41) is 1.92. The molecule has 0 aliphatic carbocycles. The molecule has 0 saturated heterocycles. The Morgan fingerprint density at radius 2 is 2.45 bits per heavy atom. The lowest BCUT2D eigenvalue weighted by Crippen LogP contribution is -1.83. The van der Waals surface area contributed by atoms with Crippen molar-refractivity contribution in [3.63, 3.8) is 0 Å². The number of hydrogen-bond donors (Lipinski definition) is 0. The molecule has 0 amide bonds. The van der Waals surface area contributed by atoms with Gasteiger partial charge in [0.2, 0.25) is 0 Å². The van der Waals surface area contributed by atoms with Gasteiger partial charge in [0.1, 0.15) is 0 Å². The molecule has 58 valence electrons. The summed E-state index contributed by atoms with van der Waals surface area (Å²) in [6.07, 6.45) is 3.42. The van der Waals surface area contributed by atoms with Crippen LogP contribution in [-0.4, -0.2) is 6.29 Å². The van der Waals surface area contributed by atoms with Gasteiger partial charge in [0.05, 0.1) is 4.88 Å². The van der Waals surface area contributed by atoms with Crippen LogP contribution < -0.4 is 0 Å². The molecule has 1 rings (SSSR count).